The van der Waals surface area contributed by atoms with Crippen molar-refractivity contribution >= 4 is 21.6 Å². The average Bonchev–Trinajstić information content (AvgIpc) is 3.18. The molecule has 0 atom stereocenters. The lowest BCUT2D eigenvalue weighted by Crippen LogP contribution is -2.23. The first-order valence-electron chi connectivity index (χ1n) is 11.0. The van der Waals surface area contributed by atoms with Gasteiger partial charge in [-0.25, -0.2) is 9.37 Å². The summed E-state index contributed by atoms with van der Waals surface area (Å²) in [4.78, 5) is 4.68. The van der Waals surface area contributed by atoms with Gasteiger partial charge in [0.05, 0.1) is 0 Å². The van der Waals surface area contributed by atoms with E-state index in [0.29, 0.717) is 17.3 Å². The highest BCUT2D eigenvalue weighted by atomic mass is 32.2. The van der Waals surface area contributed by atoms with Gasteiger partial charge in [-0.1, -0.05) is 37.5 Å². The minimum absolute atomic E-state index is 0.116. The topological polar surface area (TPSA) is 72.7 Å². The van der Waals surface area contributed by atoms with Crippen molar-refractivity contribution in [1.82, 2.24) is 9.38 Å². The summed E-state index contributed by atoms with van der Waals surface area (Å²) in [5.74, 6) is 0.460. The predicted octanol–water partition coefficient (Wildman–Crippen LogP) is 5.65. The van der Waals surface area contributed by atoms with Gasteiger partial charge in [0, 0.05) is 17.8 Å². The third-order valence-electron chi connectivity index (χ3n) is 5.92. The Hall–Kier alpha value is -3.39. The highest BCUT2D eigenvalue weighted by Gasteiger charge is 2.24. The van der Waals surface area contributed by atoms with Crippen LogP contribution in [0, 0.1) is 5.82 Å². The van der Waals surface area contributed by atoms with Gasteiger partial charge in [0.25, 0.3) is 0 Å². The number of anilines is 1. The Bertz CT molecular complexity index is 1380. The van der Waals surface area contributed by atoms with Crippen LogP contribution < -0.4 is 9.50 Å². The maximum Gasteiger partial charge on any atom is 0.339 e. The summed E-state index contributed by atoms with van der Waals surface area (Å²) >= 11 is 0. The van der Waals surface area contributed by atoms with Crippen LogP contribution in [-0.2, 0) is 10.1 Å². The number of halogens is 1. The molecule has 0 radical (unpaired) electrons. The molecule has 5 rings (SSSR count). The first-order valence-corrected chi connectivity index (χ1v) is 12.5. The van der Waals surface area contributed by atoms with Crippen molar-refractivity contribution in [3.8, 4) is 17.0 Å². The SMILES string of the molecule is O=S(=O)(Oc1ccccc1-c1nc2ccccn2c1NC1CCCCC1)c1ccc(F)cc1. The van der Waals surface area contributed by atoms with Crippen LogP contribution in [0.15, 0.2) is 77.8 Å². The molecule has 33 heavy (non-hydrogen) atoms. The fourth-order valence-corrected chi connectivity index (χ4v) is 5.21. The summed E-state index contributed by atoms with van der Waals surface area (Å²) < 4.78 is 46.5. The molecule has 8 heteroatoms. The number of pyridine rings is 1. The Morgan fingerprint density at radius 3 is 2.45 bits per heavy atom. The average molecular weight is 466 g/mol. The van der Waals surface area contributed by atoms with Crippen LogP contribution in [0.2, 0.25) is 0 Å². The lowest BCUT2D eigenvalue weighted by molar-refractivity contribution is 0.461. The molecule has 0 saturated heterocycles. The van der Waals surface area contributed by atoms with E-state index in [9.17, 15) is 12.8 Å². The monoisotopic (exact) mass is 465 g/mol. The van der Waals surface area contributed by atoms with Crippen LogP contribution in [0.4, 0.5) is 10.2 Å². The Kier molecular flexibility index (Phi) is 5.76. The number of hydrogen-bond donors (Lipinski definition) is 1. The van der Waals surface area contributed by atoms with Crippen molar-refractivity contribution in [2.75, 3.05) is 5.32 Å². The molecule has 1 saturated carbocycles. The summed E-state index contributed by atoms with van der Waals surface area (Å²) in [6.45, 7) is 0. The maximum absolute atomic E-state index is 13.3. The van der Waals surface area contributed by atoms with Gasteiger partial charge in [-0.3, -0.25) is 4.40 Å². The number of fused-ring (bicyclic) bond motifs is 1. The van der Waals surface area contributed by atoms with E-state index >= 15 is 0 Å². The second kappa shape index (κ2) is 8.86. The molecule has 1 aliphatic rings. The van der Waals surface area contributed by atoms with Gasteiger partial charge in [0.15, 0.2) is 5.75 Å². The standard InChI is InChI=1S/C25H24FN3O3S/c26-18-13-15-20(16-14-18)33(30,31)32-22-11-5-4-10-21(22)24-25(27-19-8-2-1-3-9-19)29-17-7-6-12-23(29)28-24/h4-7,10-17,19,27H,1-3,8-9H2. The van der Waals surface area contributed by atoms with Crippen LogP contribution in [0.3, 0.4) is 0 Å². The summed E-state index contributed by atoms with van der Waals surface area (Å²) in [6, 6.07) is 17.6. The van der Waals surface area contributed by atoms with Gasteiger partial charge in [0.2, 0.25) is 0 Å². The van der Waals surface area contributed by atoms with Crippen LogP contribution in [-0.4, -0.2) is 23.8 Å². The number of rotatable bonds is 6. The molecule has 0 amide bonds. The van der Waals surface area contributed by atoms with E-state index in [1.165, 1.54) is 31.4 Å². The smallest absolute Gasteiger partial charge is 0.339 e. The van der Waals surface area contributed by atoms with Gasteiger partial charge < -0.3 is 9.50 Å². The molecule has 1 aliphatic carbocycles. The lowest BCUT2D eigenvalue weighted by Gasteiger charge is -2.24. The Morgan fingerprint density at radius 2 is 1.67 bits per heavy atom. The normalized spacial score (nSPS) is 14.9. The van der Waals surface area contributed by atoms with Gasteiger partial charge >= 0.3 is 10.1 Å². The molecule has 0 unspecified atom stereocenters. The number of nitrogens with one attached hydrogen (secondary N) is 1. The summed E-state index contributed by atoms with van der Waals surface area (Å²) in [7, 11) is -4.15. The Labute approximate surface area is 192 Å². The molecule has 1 N–H and O–H groups in total. The van der Waals surface area contributed by atoms with E-state index < -0.39 is 15.9 Å². The number of aromatic nitrogens is 2. The fourth-order valence-electron chi connectivity index (χ4n) is 4.26. The van der Waals surface area contributed by atoms with Crippen molar-refractivity contribution in [3.63, 3.8) is 0 Å². The van der Waals surface area contributed by atoms with Crippen molar-refractivity contribution in [2.24, 2.45) is 0 Å². The predicted molar refractivity (Wildman–Crippen MR) is 125 cm³/mol. The molecule has 0 spiro atoms. The number of para-hydroxylation sites is 1. The number of imidazole rings is 1. The molecular weight excluding hydrogens is 441 g/mol. The molecule has 2 aromatic heterocycles. The molecule has 0 aliphatic heterocycles. The van der Waals surface area contributed by atoms with E-state index in [1.54, 1.807) is 18.2 Å². The second-order valence-electron chi connectivity index (χ2n) is 8.20. The second-order valence-corrected chi connectivity index (χ2v) is 9.75. The number of hydrogen-bond acceptors (Lipinski definition) is 5. The summed E-state index contributed by atoms with van der Waals surface area (Å²) in [6.07, 6.45) is 7.71. The van der Waals surface area contributed by atoms with Crippen LogP contribution in [0.25, 0.3) is 16.9 Å². The van der Waals surface area contributed by atoms with Gasteiger partial charge in [-0.2, -0.15) is 8.42 Å². The van der Waals surface area contributed by atoms with Gasteiger partial charge in [-0.05, 0) is 61.4 Å². The highest BCUT2D eigenvalue weighted by molar-refractivity contribution is 7.87. The minimum atomic E-state index is -4.15. The van der Waals surface area contributed by atoms with Crippen molar-refractivity contribution in [3.05, 3.63) is 78.7 Å². The summed E-state index contributed by atoms with van der Waals surface area (Å²) in [5.41, 5.74) is 1.93. The quantitative estimate of drug-likeness (QED) is 0.373. The van der Waals surface area contributed by atoms with Crippen molar-refractivity contribution < 1.29 is 17.0 Å². The largest absolute Gasteiger partial charge is 0.378 e. The molecule has 6 nitrogen and oxygen atoms in total. The van der Waals surface area contributed by atoms with E-state index in [2.05, 4.69) is 5.32 Å². The van der Waals surface area contributed by atoms with E-state index in [0.717, 1.165) is 36.4 Å². The molecular formula is C25H24FN3O3S. The fraction of sp³-hybridized carbons (Fsp3) is 0.240. The van der Waals surface area contributed by atoms with E-state index in [-0.39, 0.29) is 10.6 Å². The zero-order chi connectivity index (χ0) is 22.8. The molecule has 2 aromatic carbocycles. The van der Waals surface area contributed by atoms with Crippen LogP contribution >= 0.6 is 0 Å². The number of nitrogens with zero attached hydrogens (tertiary/aromatic N) is 2. The minimum Gasteiger partial charge on any atom is -0.378 e. The third kappa shape index (κ3) is 4.43. The molecule has 1 fully saturated rings. The van der Waals surface area contributed by atoms with E-state index in [1.807, 2.05) is 34.9 Å². The highest BCUT2D eigenvalue weighted by Crippen LogP contribution is 2.37. The molecule has 4 aromatic rings. The van der Waals surface area contributed by atoms with Gasteiger partial charge in [0.1, 0.15) is 27.9 Å². The zero-order valence-corrected chi connectivity index (χ0v) is 18.8. The van der Waals surface area contributed by atoms with Crippen LogP contribution in [0.5, 0.6) is 5.75 Å². The Morgan fingerprint density at radius 1 is 0.939 bits per heavy atom. The van der Waals surface area contributed by atoms with Crippen LogP contribution in [0.1, 0.15) is 32.1 Å². The van der Waals surface area contributed by atoms with Crippen molar-refractivity contribution in [1.29, 1.82) is 0 Å². The Balaban J connectivity index is 1.57. The first-order chi connectivity index (χ1) is 16.0. The van der Waals surface area contributed by atoms with Gasteiger partial charge in [-0.15, -0.1) is 0 Å². The van der Waals surface area contributed by atoms with E-state index in [4.69, 9.17) is 9.17 Å². The maximum atomic E-state index is 13.3. The third-order valence-corrected chi connectivity index (χ3v) is 7.17. The van der Waals surface area contributed by atoms with Crippen molar-refractivity contribution in [2.45, 2.75) is 43.0 Å². The number of benzene rings is 2. The molecule has 170 valence electrons. The zero-order valence-electron chi connectivity index (χ0n) is 17.9. The first kappa shape index (κ1) is 21.5. The molecule has 2 heterocycles. The molecule has 0 bridgehead atoms. The summed E-state index contributed by atoms with van der Waals surface area (Å²) in [5, 5.41) is 3.65. The lowest BCUT2D eigenvalue weighted by atomic mass is 9.95.